The van der Waals surface area contributed by atoms with Crippen LogP contribution >= 0.6 is 0 Å². The Balaban J connectivity index is 1.74. The van der Waals surface area contributed by atoms with Gasteiger partial charge in [0, 0.05) is 6.54 Å². The highest BCUT2D eigenvalue weighted by atomic mass is 28.4. The lowest BCUT2D eigenvalue weighted by Gasteiger charge is -2.39. The van der Waals surface area contributed by atoms with Crippen molar-refractivity contribution in [2.45, 2.75) is 64.2 Å². The van der Waals surface area contributed by atoms with Gasteiger partial charge in [-0.3, -0.25) is 4.79 Å². The fourth-order valence-electron chi connectivity index (χ4n) is 4.86. The predicted octanol–water partition coefficient (Wildman–Crippen LogP) is 3.64. The Morgan fingerprint density at radius 3 is 2.50 bits per heavy atom. The largest absolute Gasteiger partial charge is 0.415 e. The van der Waals surface area contributed by atoms with Gasteiger partial charge in [-0.05, 0) is 61.1 Å². The Kier molecular flexibility index (Phi) is 4.04. The van der Waals surface area contributed by atoms with Gasteiger partial charge in [-0.15, -0.1) is 0 Å². The summed E-state index contributed by atoms with van der Waals surface area (Å²) in [6.07, 6.45) is 4.07. The number of carbonyl (C=O) groups is 1. The van der Waals surface area contributed by atoms with Gasteiger partial charge in [-0.2, -0.15) is 0 Å². The first kappa shape index (κ1) is 16.6. The summed E-state index contributed by atoms with van der Waals surface area (Å²) in [7, 11) is 3.89. The highest BCUT2D eigenvalue weighted by molar-refractivity contribution is 6.74. The number of likely N-dealkylation sites (tertiary alicyclic amines) is 1. The van der Waals surface area contributed by atoms with Crippen molar-refractivity contribution in [3.8, 4) is 0 Å². The van der Waals surface area contributed by atoms with E-state index in [1.165, 1.54) is 19.3 Å². The minimum atomic E-state index is -1.78. The van der Waals surface area contributed by atoms with E-state index in [-0.39, 0.29) is 16.9 Å². The zero-order valence-corrected chi connectivity index (χ0v) is 15.8. The van der Waals surface area contributed by atoms with E-state index in [1.807, 2.05) is 4.90 Å². The molecule has 5 unspecified atom stereocenters. The highest BCUT2D eigenvalue weighted by Crippen LogP contribution is 2.57. The van der Waals surface area contributed by atoms with E-state index in [4.69, 9.17) is 12.3 Å². The van der Waals surface area contributed by atoms with Gasteiger partial charge < -0.3 is 9.33 Å². The number of hydrogen-bond acceptors (Lipinski definition) is 2. The predicted molar refractivity (Wildman–Crippen MR) is 92.6 cm³/mol. The van der Waals surface area contributed by atoms with Crippen molar-refractivity contribution < 1.29 is 9.22 Å². The van der Waals surface area contributed by atoms with Crippen molar-refractivity contribution in [3.05, 3.63) is 0 Å². The van der Waals surface area contributed by atoms with E-state index < -0.39 is 8.32 Å². The average Bonchev–Trinajstić information content (AvgIpc) is 3.06. The standard InChI is InChI=1S/C17H30BNO2Si/c1-17(2,3)22(4,5)21-10-14-15-12-7-6-11(8-12)13(15)9-19(14)16(18)20/h11-15H,6-10H2,1-5H3. The molecular weight excluding hydrogens is 289 g/mol. The third-order valence-electron chi connectivity index (χ3n) is 7.11. The van der Waals surface area contributed by atoms with Crippen molar-refractivity contribution in [2.75, 3.05) is 13.2 Å². The number of hydrogen-bond donors (Lipinski definition) is 0. The number of amides is 1. The van der Waals surface area contributed by atoms with Gasteiger partial charge in [0.25, 0.3) is 0 Å². The molecule has 3 nitrogen and oxygen atoms in total. The molecule has 2 aliphatic carbocycles. The zero-order chi connectivity index (χ0) is 16.3. The topological polar surface area (TPSA) is 29.5 Å². The first-order chi connectivity index (χ1) is 10.1. The normalized spacial score (nSPS) is 37.7. The number of rotatable bonds is 3. The summed E-state index contributed by atoms with van der Waals surface area (Å²) in [6, 6.07) is 0.215. The van der Waals surface area contributed by atoms with Crippen LogP contribution in [0.1, 0.15) is 40.0 Å². The Morgan fingerprint density at radius 1 is 1.27 bits per heavy atom. The van der Waals surface area contributed by atoms with Crippen molar-refractivity contribution in [1.29, 1.82) is 0 Å². The summed E-state index contributed by atoms with van der Waals surface area (Å²) in [4.78, 5) is 13.8. The van der Waals surface area contributed by atoms with Crippen LogP contribution in [0, 0.1) is 23.7 Å². The summed E-state index contributed by atoms with van der Waals surface area (Å²) in [5.74, 6) is 2.69. The second kappa shape index (κ2) is 5.37. The Morgan fingerprint density at radius 2 is 1.91 bits per heavy atom. The van der Waals surface area contributed by atoms with Crippen molar-refractivity contribution in [1.82, 2.24) is 4.90 Å². The second-order valence-corrected chi connectivity index (χ2v) is 14.0. The molecule has 0 aromatic carbocycles. The molecule has 5 heteroatoms. The highest BCUT2D eigenvalue weighted by Gasteiger charge is 2.56. The van der Waals surface area contributed by atoms with Gasteiger partial charge >= 0.3 is 0 Å². The van der Waals surface area contributed by atoms with Crippen molar-refractivity contribution in [2.24, 2.45) is 23.7 Å². The molecule has 1 amide bonds. The van der Waals surface area contributed by atoms with Crippen LogP contribution < -0.4 is 0 Å². The van der Waals surface area contributed by atoms with Crippen LogP contribution in [0.5, 0.6) is 0 Å². The molecule has 5 atom stereocenters. The molecule has 0 spiro atoms. The summed E-state index contributed by atoms with van der Waals surface area (Å²) >= 11 is 0. The van der Waals surface area contributed by atoms with Crippen molar-refractivity contribution >= 4 is 22.0 Å². The van der Waals surface area contributed by atoms with Crippen LogP contribution in [0.3, 0.4) is 0 Å². The van der Waals surface area contributed by atoms with Gasteiger partial charge in [-0.1, -0.05) is 20.8 Å². The summed E-state index contributed by atoms with van der Waals surface area (Å²) in [5.41, 5.74) is 0. The molecule has 22 heavy (non-hydrogen) atoms. The first-order valence-corrected chi connectivity index (χ1v) is 11.7. The number of carbonyl (C=O) groups excluding carboxylic acids is 1. The molecule has 2 radical (unpaired) electrons. The van der Waals surface area contributed by atoms with Crippen LogP contribution in [0.2, 0.25) is 18.1 Å². The molecule has 122 valence electrons. The molecule has 0 N–H and O–H groups in total. The summed E-state index contributed by atoms with van der Waals surface area (Å²) in [5, 5.41) is 0.206. The molecule has 0 aromatic heterocycles. The molecule has 0 aromatic rings. The van der Waals surface area contributed by atoms with Crippen LogP contribution in [0.25, 0.3) is 0 Å². The maximum Gasteiger partial charge on any atom is 0.200 e. The smallest absolute Gasteiger partial charge is 0.200 e. The lowest BCUT2D eigenvalue weighted by Crippen LogP contribution is -2.47. The van der Waals surface area contributed by atoms with Crippen LogP contribution in [0.4, 0.5) is 4.79 Å². The third-order valence-corrected chi connectivity index (χ3v) is 11.6. The lowest BCUT2D eigenvalue weighted by molar-refractivity contribution is 0.137. The quantitative estimate of drug-likeness (QED) is 0.743. The van der Waals surface area contributed by atoms with E-state index >= 15 is 0 Å². The molecule has 3 fully saturated rings. The molecule has 1 saturated heterocycles. The summed E-state index contributed by atoms with van der Waals surface area (Å²) in [6.45, 7) is 12.9. The first-order valence-electron chi connectivity index (χ1n) is 8.82. The van der Waals surface area contributed by atoms with Gasteiger partial charge in [-0.25, -0.2) is 0 Å². The maximum absolute atomic E-state index is 11.9. The molecule has 3 aliphatic rings. The van der Waals surface area contributed by atoms with Crippen LogP contribution in [-0.4, -0.2) is 46.1 Å². The van der Waals surface area contributed by atoms with E-state index in [2.05, 4.69) is 33.9 Å². The van der Waals surface area contributed by atoms with Crippen LogP contribution in [0.15, 0.2) is 0 Å². The minimum absolute atomic E-state index is 0.206. The molecule has 1 heterocycles. The SMILES string of the molecule is [B]C(=O)N1CC2C3CCC(C3)C2C1CO[Si](C)(C)C(C)(C)C. The maximum atomic E-state index is 11.9. The molecule has 1 aliphatic heterocycles. The summed E-state index contributed by atoms with van der Waals surface area (Å²) < 4.78 is 6.46. The van der Waals surface area contributed by atoms with E-state index in [1.54, 1.807) is 0 Å². The third kappa shape index (κ3) is 2.58. The molecule has 3 rings (SSSR count). The fraction of sp³-hybridized carbons (Fsp3) is 0.941. The monoisotopic (exact) mass is 319 g/mol. The Hall–Kier alpha value is -0.288. The number of fused-ring (bicyclic) bond motifs is 5. The minimum Gasteiger partial charge on any atom is -0.415 e. The molecule has 2 saturated carbocycles. The van der Waals surface area contributed by atoms with E-state index in [9.17, 15) is 4.79 Å². The van der Waals surface area contributed by atoms with E-state index in [0.717, 1.165) is 18.4 Å². The Bertz CT molecular complexity index is 462. The van der Waals surface area contributed by atoms with Crippen molar-refractivity contribution in [3.63, 3.8) is 0 Å². The molecular formula is C17H30BNO2Si. The number of nitrogens with zero attached hydrogens (tertiary/aromatic N) is 1. The fourth-order valence-corrected chi connectivity index (χ4v) is 5.88. The second-order valence-electron chi connectivity index (χ2n) is 9.20. The Labute approximate surface area is 137 Å². The van der Waals surface area contributed by atoms with E-state index in [0.29, 0.717) is 18.4 Å². The van der Waals surface area contributed by atoms with Gasteiger partial charge in [0.15, 0.2) is 14.1 Å². The average molecular weight is 319 g/mol. The van der Waals surface area contributed by atoms with Gasteiger partial charge in [0.1, 0.15) is 0 Å². The zero-order valence-electron chi connectivity index (χ0n) is 14.8. The lowest BCUT2D eigenvalue weighted by atomic mass is 9.78. The molecule has 2 bridgehead atoms. The van der Waals surface area contributed by atoms with Crippen LogP contribution in [-0.2, 0) is 4.43 Å². The van der Waals surface area contributed by atoms with Gasteiger partial charge in [0.2, 0.25) is 7.85 Å². The van der Waals surface area contributed by atoms with Gasteiger partial charge in [0.05, 0.1) is 12.6 Å².